The fourth-order valence-electron chi connectivity index (χ4n) is 4.51. The molecule has 0 bridgehead atoms. The predicted octanol–water partition coefficient (Wildman–Crippen LogP) is 4.04. The molecule has 0 fully saturated rings. The Morgan fingerprint density at radius 3 is 2.42 bits per heavy atom. The van der Waals surface area contributed by atoms with Gasteiger partial charge in [0.25, 0.3) is 5.91 Å². The summed E-state index contributed by atoms with van der Waals surface area (Å²) in [4.78, 5) is 29.6. The van der Waals surface area contributed by atoms with Gasteiger partial charge in [-0.25, -0.2) is 4.79 Å². The molecule has 2 aromatic rings. The van der Waals surface area contributed by atoms with Gasteiger partial charge in [0, 0.05) is 13.0 Å². The molecule has 0 unspecified atom stereocenters. The van der Waals surface area contributed by atoms with Gasteiger partial charge in [-0.3, -0.25) is 9.69 Å². The van der Waals surface area contributed by atoms with Crippen LogP contribution in [0.1, 0.15) is 29.2 Å². The third-order valence-electron chi connectivity index (χ3n) is 6.26. The van der Waals surface area contributed by atoms with Gasteiger partial charge in [0.05, 0.1) is 74.4 Å². The van der Waals surface area contributed by atoms with E-state index >= 15 is 0 Å². The number of hydrogen-bond donors (Lipinski definition) is 1. The number of benzene rings is 2. The molecule has 7 nitrogen and oxygen atoms in total. The topological polar surface area (TPSA) is 76.4 Å². The van der Waals surface area contributed by atoms with Gasteiger partial charge in [-0.2, -0.15) is 18.4 Å². The number of carbonyl (C=O) groups is 2. The summed E-state index contributed by atoms with van der Waals surface area (Å²) in [6.45, 7) is 1.38. The molecule has 1 N–H and O–H groups in total. The molecule has 0 aromatic heterocycles. The van der Waals surface area contributed by atoms with Crippen LogP contribution in [0.2, 0.25) is 0 Å². The molecule has 0 saturated heterocycles. The molecule has 0 spiro atoms. The van der Waals surface area contributed by atoms with Gasteiger partial charge in [-0.05, 0) is 35.9 Å². The number of quaternary nitrogens is 1. The monoisotopic (exact) mass is 498 g/mol. The fourth-order valence-corrected chi connectivity index (χ4v) is 4.51. The van der Waals surface area contributed by atoms with Gasteiger partial charge in [0.2, 0.25) is 0 Å². The average molecular weight is 499 g/mol. The lowest BCUT2D eigenvalue weighted by Gasteiger charge is -2.34. The van der Waals surface area contributed by atoms with E-state index in [-0.39, 0.29) is 18.1 Å². The standard InChI is InChI=1S/C26H26F3N5O2/c1-34(2,3)13-5-12-32-16-21-22(24(32)35)23(18-10-8-17(15-30)9-11-18)31-25(36)33(21)20-7-4-6-19(14-20)26(27,28)29/h4,6-11,14,23H,5,12-13,16H2,1-3H3/p+1/t23-/m1/s1. The number of amides is 3. The van der Waals surface area contributed by atoms with Crippen molar-refractivity contribution in [2.24, 2.45) is 0 Å². The molecule has 0 saturated carbocycles. The molecule has 36 heavy (non-hydrogen) atoms. The van der Waals surface area contributed by atoms with Crippen LogP contribution < -0.4 is 10.2 Å². The molecule has 4 rings (SSSR count). The molecule has 2 aromatic carbocycles. The Kier molecular flexibility index (Phi) is 6.54. The highest BCUT2D eigenvalue weighted by Crippen LogP contribution is 2.40. The normalized spacial score (nSPS) is 18.3. The Hall–Kier alpha value is -3.84. The Balaban J connectivity index is 1.74. The van der Waals surface area contributed by atoms with Crippen LogP contribution in [-0.4, -0.2) is 62.1 Å². The van der Waals surface area contributed by atoms with E-state index in [1.165, 1.54) is 17.0 Å². The summed E-state index contributed by atoms with van der Waals surface area (Å²) < 4.78 is 40.9. The molecule has 3 amide bonds. The number of carbonyl (C=O) groups excluding carboxylic acids is 2. The summed E-state index contributed by atoms with van der Waals surface area (Å²) in [5, 5.41) is 11.9. The average Bonchev–Trinajstić information content (AvgIpc) is 3.13. The largest absolute Gasteiger partial charge is 0.416 e. The van der Waals surface area contributed by atoms with Crippen molar-refractivity contribution in [1.82, 2.24) is 10.2 Å². The van der Waals surface area contributed by atoms with E-state index < -0.39 is 23.8 Å². The molecular weight excluding hydrogens is 471 g/mol. The number of nitriles is 1. The van der Waals surface area contributed by atoms with Crippen molar-refractivity contribution >= 4 is 17.6 Å². The van der Waals surface area contributed by atoms with Crippen LogP contribution in [0, 0.1) is 11.3 Å². The number of hydrogen-bond acceptors (Lipinski definition) is 3. The van der Waals surface area contributed by atoms with Crippen LogP contribution in [0.15, 0.2) is 59.8 Å². The van der Waals surface area contributed by atoms with Gasteiger partial charge in [0.1, 0.15) is 0 Å². The minimum atomic E-state index is -4.58. The van der Waals surface area contributed by atoms with Crippen LogP contribution in [0.5, 0.6) is 0 Å². The van der Waals surface area contributed by atoms with Crippen molar-refractivity contribution in [2.75, 3.05) is 45.7 Å². The lowest BCUT2D eigenvalue weighted by atomic mass is 9.94. The van der Waals surface area contributed by atoms with Crippen LogP contribution >= 0.6 is 0 Å². The second kappa shape index (κ2) is 9.32. The van der Waals surface area contributed by atoms with E-state index in [4.69, 9.17) is 5.26 Å². The molecule has 0 aliphatic carbocycles. The van der Waals surface area contributed by atoms with E-state index in [1.54, 1.807) is 29.2 Å². The van der Waals surface area contributed by atoms with Gasteiger partial charge in [-0.1, -0.05) is 18.2 Å². The zero-order valence-electron chi connectivity index (χ0n) is 20.3. The Bertz CT molecular complexity index is 1260. The minimum absolute atomic E-state index is 0.0362. The number of alkyl halides is 3. The SMILES string of the molecule is C[N+](C)(C)CCCN1CC2=C(C1=O)[C@@H](c1ccc(C#N)cc1)NC(=O)N2c1cccc(C(F)(F)F)c1. The van der Waals surface area contributed by atoms with Crippen molar-refractivity contribution in [2.45, 2.75) is 18.6 Å². The summed E-state index contributed by atoms with van der Waals surface area (Å²) in [7, 11) is 6.15. The summed E-state index contributed by atoms with van der Waals surface area (Å²) >= 11 is 0. The smallest absolute Gasteiger partial charge is 0.333 e. The van der Waals surface area contributed by atoms with Gasteiger partial charge < -0.3 is 14.7 Å². The predicted molar refractivity (Wildman–Crippen MR) is 127 cm³/mol. The van der Waals surface area contributed by atoms with Crippen molar-refractivity contribution in [1.29, 1.82) is 5.26 Å². The van der Waals surface area contributed by atoms with E-state index in [0.29, 0.717) is 28.9 Å². The van der Waals surface area contributed by atoms with Gasteiger partial charge in [0.15, 0.2) is 0 Å². The summed E-state index contributed by atoms with van der Waals surface area (Å²) in [5.41, 5.74) is 0.882. The van der Waals surface area contributed by atoms with Crippen molar-refractivity contribution in [3.63, 3.8) is 0 Å². The second-order valence-electron chi connectivity index (χ2n) is 9.95. The summed E-state index contributed by atoms with van der Waals surface area (Å²) in [5.74, 6) is -0.266. The lowest BCUT2D eigenvalue weighted by Crippen LogP contribution is -2.47. The Morgan fingerprint density at radius 2 is 1.81 bits per heavy atom. The van der Waals surface area contributed by atoms with Crippen LogP contribution in [0.3, 0.4) is 0 Å². The maximum absolute atomic E-state index is 13.6. The van der Waals surface area contributed by atoms with Crippen LogP contribution in [0.4, 0.5) is 23.7 Å². The Morgan fingerprint density at radius 1 is 1.11 bits per heavy atom. The minimum Gasteiger partial charge on any atom is -0.333 e. The molecule has 0 radical (unpaired) electrons. The lowest BCUT2D eigenvalue weighted by molar-refractivity contribution is -0.870. The second-order valence-corrected chi connectivity index (χ2v) is 9.95. The van der Waals surface area contributed by atoms with Crippen molar-refractivity contribution in [3.8, 4) is 6.07 Å². The highest BCUT2D eigenvalue weighted by molar-refractivity contribution is 6.07. The molecule has 1 atom stereocenters. The molecular formula is C26H27F3N5O2+. The first-order chi connectivity index (χ1) is 16.9. The first-order valence-electron chi connectivity index (χ1n) is 11.5. The number of nitrogens with one attached hydrogen (secondary N) is 1. The highest BCUT2D eigenvalue weighted by atomic mass is 19.4. The summed E-state index contributed by atoms with van der Waals surface area (Å²) in [6.07, 6.45) is -3.85. The fraction of sp³-hybridized carbons (Fsp3) is 0.346. The van der Waals surface area contributed by atoms with E-state index in [2.05, 4.69) is 5.32 Å². The molecule has 2 aliphatic heterocycles. The molecule has 188 valence electrons. The van der Waals surface area contributed by atoms with E-state index in [1.807, 2.05) is 27.2 Å². The quantitative estimate of drug-likeness (QED) is 0.611. The first-order valence-corrected chi connectivity index (χ1v) is 11.5. The Labute approximate surface area is 207 Å². The molecule has 2 heterocycles. The third-order valence-corrected chi connectivity index (χ3v) is 6.26. The first kappa shape index (κ1) is 25.3. The number of rotatable bonds is 6. The van der Waals surface area contributed by atoms with Crippen LogP contribution in [0.25, 0.3) is 0 Å². The van der Waals surface area contributed by atoms with Crippen LogP contribution in [-0.2, 0) is 11.0 Å². The number of anilines is 1. The summed E-state index contributed by atoms with van der Waals surface area (Å²) in [6, 6.07) is 11.7. The third kappa shape index (κ3) is 5.06. The number of nitrogens with zero attached hydrogens (tertiary/aromatic N) is 4. The molecule has 2 aliphatic rings. The number of urea groups is 1. The van der Waals surface area contributed by atoms with Gasteiger partial charge in [-0.15, -0.1) is 0 Å². The van der Waals surface area contributed by atoms with Crippen molar-refractivity contribution in [3.05, 3.63) is 76.5 Å². The molecule has 10 heteroatoms. The maximum atomic E-state index is 13.6. The number of halogens is 3. The van der Waals surface area contributed by atoms with E-state index in [0.717, 1.165) is 29.6 Å². The van der Waals surface area contributed by atoms with E-state index in [9.17, 15) is 22.8 Å². The highest BCUT2D eigenvalue weighted by Gasteiger charge is 2.45. The van der Waals surface area contributed by atoms with Gasteiger partial charge >= 0.3 is 12.2 Å². The van der Waals surface area contributed by atoms with Crippen molar-refractivity contribution < 1.29 is 27.2 Å². The zero-order chi connectivity index (χ0) is 26.3. The maximum Gasteiger partial charge on any atom is 0.416 e. The zero-order valence-corrected chi connectivity index (χ0v) is 20.3.